The molecule has 1 amide bonds. The van der Waals surface area contributed by atoms with Crippen LogP contribution in [0.4, 0.5) is 0 Å². The summed E-state index contributed by atoms with van der Waals surface area (Å²) in [5.74, 6) is 1.30. The SMILES string of the molecule is CCN(Cc1ccccc1)C(=O)CC1CCc2nn(CCOC)c(=O)n2CC1. The van der Waals surface area contributed by atoms with Gasteiger partial charge < -0.3 is 9.64 Å². The van der Waals surface area contributed by atoms with Crippen molar-refractivity contribution < 1.29 is 9.53 Å². The van der Waals surface area contributed by atoms with Crippen molar-refractivity contribution >= 4 is 5.91 Å². The third-order valence-corrected chi connectivity index (χ3v) is 5.46. The number of fused-ring (bicyclic) bond motifs is 1. The lowest BCUT2D eigenvalue weighted by Crippen LogP contribution is -2.32. The molecule has 7 heteroatoms. The van der Waals surface area contributed by atoms with Crippen molar-refractivity contribution in [2.24, 2.45) is 5.92 Å². The van der Waals surface area contributed by atoms with Gasteiger partial charge in [0.15, 0.2) is 0 Å². The first-order chi connectivity index (χ1) is 13.6. The monoisotopic (exact) mass is 386 g/mol. The summed E-state index contributed by atoms with van der Waals surface area (Å²) in [7, 11) is 1.62. The van der Waals surface area contributed by atoms with E-state index >= 15 is 0 Å². The van der Waals surface area contributed by atoms with E-state index in [1.165, 1.54) is 4.68 Å². The molecule has 0 spiro atoms. The van der Waals surface area contributed by atoms with Crippen LogP contribution >= 0.6 is 0 Å². The van der Waals surface area contributed by atoms with Crippen LogP contribution in [0.2, 0.25) is 0 Å². The lowest BCUT2D eigenvalue weighted by atomic mass is 9.96. The Bertz CT molecular complexity index is 828. The number of nitrogens with zero attached hydrogens (tertiary/aromatic N) is 4. The second kappa shape index (κ2) is 9.68. The summed E-state index contributed by atoms with van der Waals surface area (Å²) < 4.78 is 8.30. The average molecular weight is 386 g/mol. The number of carbonyl (C=O) groups is 1. The lowest BCUT2D eigenvalue weighted by molar-refractivity contribution is -0.132. The van der Waals surface area contributed by atoms with Gasteiger partial charge in [0, 0.05) is 39.6 Å². The van der Waals surface area contributed by atoms with Gasteiger partial charge in [-0.05, 0) is 31.2 Å². The Morgan fingerprint density at radius 3 is 2.79 bits per heavy atom. The van der Waals surface area contributed by atoms with Crippen LogP contribution in [-0.2, 0) is 35.6 Å². The normalized spacial score (nSPS) is 16.4. The van der Waals surface area contributed by atoms with Crippen molar-refractivity contribution in [1.29, 1.82) is 0 Å². The van der Waals surface area contributed by atoms with E-state index in [0.717, 1.165) is 30.7 Å². The van der Waals surface area contributed by atoms with Crippen LogP contribution in [0, 0.1) is 5.92 Å². The summed E-state index contributed by atoms with van der Waals surface area (Å²) in [6.45, 7) is 4.95. The number of rotatable bonds is 8. The van der Waals surface area contributed by atoms with Gasteiger partial charge in [-0.2, -0.15) is 5.10 Å². The Hall–Kier alpha value is -2.41. The molecule has 0 fully saturated rings. The molecule has 0 bridgehead atoms. The predicted octanol–water partition coefficient (Wildman–Crippen LogP) is 2.08. The molecule has 2 aromatic rings. The van der Waals surface area contributed by atoms with Gasteiger partial charge in [0.25, 0.3) is 0 Å². The third kappa shape index (κ3) is 4.90. The minimum atomic E-state index is -0.0710. The van der Waals surface area contributed by atoms with Crippen LogP contribution in [-0.4, -0.2) is 45.4 Å². The molecule has 1 aromatic heterocycles. The minimum Gasteiger partial charge on any atom is -0.383 e. The summed E-state index contributed by atoms with van der Waals surface area (Å²) in [5, 5.41) is 4.46. The molecule has 0 aliphatic carbocycles. The fraction of sp³-hybridized carbons (Fsp3) is 0.571. The summed E-state index contributed by atoms with van der Waals surface area (Å²) >= 11 is 0. The van der Waals surface area contributed by atoms with E-state index in [9.17, 15) is 9.59 Å². The number of benzene rings is 1. The zero-order chi connectivity index (χ0) is 19.9. The van der Waals surface area contributed by atoms with Gasteiger partial charge in [-0.3, -0.25) is 9.36 Å². The second-order valence-corrected chi connectivity index (χ2v) is 7.36. The molecule has 7 nitrogen and oxygen atoms in total. The summed E-state index contributed by atoms with van der Waals surface area (Å²) in [6, 6.07) is 10.1. The van der Waals surface area contributed by atoms with Gasteiger partial charge in [0.05, 0.1) is 13.2 Å². The van der Waals surface area contributed by atoms with Gasteiger partial charge in [0.2, 0.25) is 5.91 Å². The largest absolute Gasteiger partial charge is 0.383 e. The van der Waals surface area contributed by atoms with Gasteiger partial charge in [0.1, 0.15) is 5.82 Å². The molecule has 1 aromatic carbocycles. The fourth-order valence-electron chi connectivity index (χ4n) is 3.77. The molecule has 2 heterocycles. The maximum atomic E-state index is 12.8. The van der Waals surface area contributed by atoms with Crippen LogP contribution in [0.5, 0.6) is 0 Å². The van der Waals surface area contributed by atoms with E-state index in [1.54, 1.807) is 11.7 Å². The van der Waals surface area contributed by atoms with E-state index in [4.69, 9.17) is 4.74 Å². The molecular formula is C21H30N4O3. The standard InChI is InChI=1S/C21H30N4O3/c1-3-23(16-18-7-5-4-6-8-18)20(26)15-17-9-10-19-22-25(13-14-28-2)21(27)24(19)12-11-17/h4-8,17H,3,9-16H2,1-2H3. The highest BCUT2D eigenvalue weighted by atomic mass is 16.5. The Labute approximate surface area is 165 Å². The molecule has 0 N–H and O–H groups in total. The van der Waals surface area contributed by atoms with E-state index in [1.807, 2.05) is 30.0 Å². The first-order valence-electron chi connectivity index (χ1n) is 10.1. The van der Waals surface area contributed by atoms with E-state index in [2.05, 4.69) is 17.2 Å². The number of carbonyl (C=O) groups excluding carboxylic acids is 1. The van der Waals surface area contributed by atoms with Gasteiger partial charge in [-0.1, -0.05) is 30.3 Å². The molecular weight excluding hydrogens is 356 g/mol. The van der Waals surface area contributed by atoms with E-state index < -0.39 is 0 Å². The Kier molecular flexibility index (Phi) is 7.03. The fourth-order valence-corrected chi connectivity index (χ4v) is 3.77. The molecule has 1 atom stereocenters. The Balaban J connectivity index is 1.58. The number of ether oxygens (including phenoxy) is 1. The van der Waals surface area contributed by atoms with Gasteiger partial charge in [-0.25, -0.2) is 9.48 Å². The lowest BCUT2D eigenvalue weighted by Gasteiger charge is -2.23. The number of aryl methyl sites for hydroxylation is 1. The minimum absolute atomic E-state index is 0.0710. The Morgan fingerprint density at radius 2 is 2.07 bits per heavy atom. The predicted molar refractivity (Wildman–Crippen MR) is 107 cm³/mol. The zero-order valence-electron chi connectivity index (χ0n) is 16.8. The maximum Gasteiger partial charge on any atom is 0.345 e. The molecule has 152 valence electrons. The number of amides is 1. The van der Waals surface area contributed by atoms with Crippen molar-refractivity contribution in [3.63, 3.8) is 0 Å². The van der Waals surface area contributed by atoms with Crippen molar-refractivity contribution in [1.82, 2.24) is 19.2 Å². The molecule has 3 rings (SSSR count). The summed E-state index contributed by atoms with van der Waals surface area (Å²) in [5.41, 5.74) is 1.08. The van der Waals surface area contributed by atoms with Crippen molar-refractivity contribution in [3.8, 4) is 0 Å². The van der Waals surface area contributed by atoms with Crippen LogP contribution in [0.15, 0.2) is 35.1 Å². The van der Waals surface area contributed by atoms with Gasteiger partial charge >= 0.3 is 5.69 Å². The number of hydrogen-bond acceptors (Lipinski definition) is 4. The first-order valence-corrected chi connectivity index (χ1v) is 10.1. The average Bonchev–Trinajstić information content (AvgIpc) is 2.87. The van der Waals surface area contributed by atoms with E-state index in [-0.39, 0.29) is 17.5 Å². The van der Waals surface area contributed by atoms with Crippen molar-refractivity contribution in [3.05, 3.63) is 52.2 Å². The quantitative estimate of drug-likeness (QED) is 0.697. The molecule has 0 radical (unpaired) electrons. The highest BCUT2D eigenvalue weighted by Crippen LogP contribution is 2.22. The highest BCUT2D eigenvalue weighted by molar-refractivity contribution is 5.76. The molecule has 1 aliphatic heterocycles. The first kappa shape index (κ1) is 20.3. The number of methoxy groups -OCH3 is 1. The highest BCUT2D eigenvalue weighted by Gasteiger charge is 2.24. The topological polar surface area (TPSA) is 69.4 Å². The maximum absolute atomic E-state index is 12.8. The molecule has 0 saturated carbocycles. The van der Waals surface area contributed by atoms with Crippen LogP contribution in [0.25, 0.3) is 0 Å². The Morgan fingerprint density at radius 1 is 1.29 bits per heavy atom. The van der Waals surface area contributed by atoms with Gasteiger partial charge in [-0.15, -0.1) is 0 Å². The molecule has 28 heavy (non-hydrogen) atoms. The molecule has 0 saturated heterocycles. The van der Waals surface area contributed by atoms with Crippen LogP contribution < -0.4 is 5.69 Å². The van der Waals surface area contributed by atoms with E-state index in [0.29, 0.717) is 39.2 Å². The third-order valence-electron chi connectivity index (χ3n) is 5.46. The van der Waals surface area contributed by atoms with Crippen LogP contribution in [0.3, 0.4) is 0 Å². The smallest absolute Gasteiger partial charge is 0.345 e. The summed E-state index contributed by atoms with van der Waals surface area (Å²) in [4.78, 5) is 27.2. The number of aromatic nitrogens is 3. The zero-order valence-corrected chi connectivity index (χ0v) is 16.8. The summed E-state index contributed by atoms with van der Waals surface area (Å²) in [6.07, 6.45) is 2.98. The van der Waals surface area contributed by atoms with Crippen molar-refractivity contribution in [2.45, 2.75) is 52.2 Å². The second-order valence-electron chi connectivity index (χ2n) is 7.36. The van der Waals surface area contributed by atoms with Crippen LogP contribution in [0.1, 0.15) is 37.6 Å². The molecule has 1 aliphatic rings. The molecule has 1 unspecified atom stereocenters. The number of hydrogen-bond donors (Lipinski definition) is 0. The van der Waals surface area contributed by atoms with Crippen molar-refractivity contribution in [2.75, 3.05) is 20.3 Å².